The first kappa shape index (κ1) is 9.69. The Kier molecular flexibility index (Phi) is 2.33. The van der Waals surface area contributed by atoms with Gasteiger partial charge in [-0.05, 0) is 24.3 Å². The summed E-state index contributed by atoms with van der Waals surface area (Å²) in [6.45, 7) is 2.14. The zero-order valence-corrected chi connectivity index (χ0v) is 8.48. The van der Waals surface area contributed by atoms with Crippen LogP contribution in [0.25, 0.3) is 0 Å². The molecule has 1 aliphatic carbocycles. The number of aliphatic hydroxyl groups is 1. The summed E-state index contributed by atoms with van der Waals surface area (Å²) < 4.78 is 0. The standard InChI is InChI=1S/C12H17NO/c1-9(10-5-3-2-4-6-10)12(13)7-11(14)8-12/h2-6,9,11,14H,7-8,13H2,1H3. The van der Waals surface area contributed by atoms with Crippen molar-refractivity contribution < 1.29 is 5.11 Å². The molecule has 1 unspecified atom stereocenters. The lowest BCUT2D eigenvalue weighted by atomic mass is 9.66. The minimum atomic E-state index is -0.194. The van der Waals surface area contributed by atoms with Crippen LogP contribution in [0.5, 0.6) is 0 Å². The van der Waals surface area contributed by atoms with E-state index in [9.17, 15) is 5.11 Å². The van der Waals surface area contributed by atoms with Crippen LogP contribution in [0, 0.1) is 0 Å². The molecule has 0 bridgehead atoms. The maximum absolute atomic E-state index is 9.30. The third-order valence-corrected chi connectivity index (χ3v) is 3.39. The molecule has 0 aliphatic heterocycles. The second-order valence-corrected chi connectivity index (χ2v) is 4.43. The fraction of sp³-hybridized carbons (Fsp3) is 0.500. The van der Waals surface area contributed by atoms with Gasteiger partial charge in [-0.25, -0.2) is 0 Å². The predicted molar refractivity (Wildman–Crippen MR) is 57.0 cm³/mol. The lowest BCUT2D eigenvalue weighted by Crippen LogP contribution is -2.57. The summed E-state index contributed by atoms with van der Waals surface area (Å²) in [7, 11) is 0. The largest absolute Gasteiger partial charge is 0.393 e. The topological polar surface area (TPSA) is 46.2 Å². The SMILES string of the molecule is CC(c1ccccc1)C1(N)CC(O)C1. The average Bonchev–Trinajstić information content (AvgIpc) is 2.16. The van der Waals surface area contributed by atoms with Gasteiger partial charge in [0.2, 0.25) is 0 Å². The minimum Gasteiger partial charge on any atom is -0.393 e. The molecule has 1 aliphatic rings. The first-order valence-corrected chi connectivity index (χ1v) is 5.14. The minimum absolute atomic E-state index is 0.189. The van der Waals surface area contributed by atoms with Gasteiger partial charge in [-0.15, -0.1) is 0 Å². The van der Waals surface area contributed by atoms with Gasteiger partial charge in [0.1, 0.15) is 0 Å². The number of aliphatic hydroxyl groups excluding tert-OH is 1. The Balaban J connectivity index is 2.13. The van der Waals surface area contributed by atoms with E-state index in [0.29, 0.717) is 5.92 Å². The zero-order valence-electron chi connectivity index (χ0n) is 8.48. The third kappa shape index (κ3) is 1.56. The highest BCUT2D eigenvalue weighted by molar-refractivity contribution is 5.25. The molecule has 0 aromatic heterocycles. The second kappa shape index (κ2) is 3.37. The van der Waals surface area contributed by atoms with Crippen molar-refractivity contribution >= 4 is 0 Å². The van der Waals surface area contributed by atoms with E-state index < -0.39 is 0 Å². The van der Waals surface area contributed by atoms with Gasteiger partial charge in [-0.1, -0.05) is 37.3 Å². The van der Waals surface area contributed by atoms with E-state index in [1.165, 1.54) is 5.56 Å². The molecule has 76 valence electrons. The van der Waals surface area contributed by atoms with Crippen molar-refractivity contribution in [3.05, 3.63) is 35.9 Å². The van der Waals surface area contributed by atoms with Gasteiger partial charge >= 0.3 is 0 Å². The van der Waals surface area contributed by atoms with Crippen LogP contribution in [-0.2, 0) is 0 Å². The van der Waals surface area contributed by atoms with Gasteiger partial charge in [0.15, 0.2) is 0 Å². The van der Waals surface area contributed by atoms with Gasteiger partial charge in [-0.3, -0.25) is 0 Å². The Bertz CT molecular complexity index is 303. The molecule has 0 spiro atoms. The molecule has 1 saturated carbocycles. The fourth-order valence-corrected chi connectivity index (χ4v) is 2.24. The first-order chi connectivity index (χ1) is 6.62. The molecule has 2 nitrogen and oxygen atoms in total. The van der Waals surface area contributed by atoms with E-state index in [4.69, 9.17) is 5.73 Å². The molecule has 1 aromatic rings. The molecule has 0 radical (unpaired) electrons. The zero-order chi connectivity index (χ0) is 10.2. The van der Waals surface area contributed by atoms with Crippen molar-refractivity contribution in [1.82, 2.24) is 0 Å². The molecule has 1 atom stereocenters. The van der Waals surface area contributed by atoms with Gasteiger partial charge in [0, 0.05) is 5.54 Å². The Morgan fingerprint density at radius 2 is 1.93 bits per heavy atom. The van der Waals surface area contributed by atoms with Crippen LogP contribution in [0.4, 0.5) is 0 Å². The van der Waals surface area contributed by atoms with Crippen molar-refractivity contribution in [2.75, 3.05) is 0 Å². The molecule has 1 aromatic carbocycles. The molecule has 3 N–H and O–H groups in total. The van der Waals surface area contributed by atoms with Gasteiger partial charge in [0.05, 0.1) is 6.10 Å². The van der Waals surface area contributed by atoms with Crippen LogP contribution in [0.15, 0.2) is 30.3 Å². The maximum atomic E-state index is 9.30. The number of rotatable bonds is 2. The molecule has 1 fully saturated rings. The summed E-state index contributed by atoms with van der Waals surface area (Å²) in [5.74, 6) is 0.326. The summed E-state index contributed by atoms with van der Waals surface area (Å²) in [4.78, 5) is 0. The quantitative estimate of drug-likeness (QED) is 0.746. The highest BCUT2D eigenvalue weighted by atomic mass is 16.3. The summed E-state index contributed by atoms with van der Waals surface area (Å²) >= 11 is 0. The Morgan fingerprint density at radius 1 is 1.36 bits per heavy atom. The Labute approximate surface area is 84.7 Å². The third-order valence-electron chi connectivity index (χ3n) is 3.39. The van der Waals surface area contributed by atoms with E-state index in [2.05, 4.69) is 19.1 Å². The molecular weight excluding hydrogens is 174 g/mol. The molecule has 0 heterocycles. The maximum Gasteiger partial charge on any atom is 0.0575 e. The summed E-state index contributed by atoms with van der Waals surface area (Å²) in [5, 5.41) is 9.30. The second-order valence-electron chi connectivity index (χ2n) is 4.43. The smallest absolute Gasteiger partial charge is 0.0575 e. The number of hydrogen-bond acceptors (Lipinski definition) is 2. The van der Waals surface area contributed by atoms with Crippen LogP contribution in [-0.4, -0.2) is 16.7 Å². The van der Waals surface area contributed by atoms with Crippen LogP contribution in [0.2, 0.25) is 0 Å². The number of hydrogen-bond donors (Lipinski definition) is 2. The van der Waals surface area contributed by atoms with E-state index in [0.717, 1.165) is 12.8 Å². The lowest BCUT2D eigenvalue weighted by Gasteiger charge is -2.46. The summed E-state index contributed by atoms with van der Waals surface area (Å²) in [5.41, 5.74) is 7.28. The lowest BCUT2D eigenvalue weighted by molar-refractivity contribution is 0.0115. The Hall–Kier alpha value is -0.860. The van der Waals surface area contributed by atoms with Gasteiger partial charge < -0.3 is 10.8 Å². The molecule has 2 rings (SSSR count). The predicted octanol–water partition coefficient (Wildman–Crippen LogP) is 1.64. The number of benzene rings is 1. The highest BCUT2D eigenvalue weighted by Gasteiger charge is 2.44. The summed E-state index contributed by atoms with van der Waals surface area (Å²) in [6, 6.07) is 10.3. The van der Waals surface area contributed by atoms with E-state index in [1.54, 1.807) is 0 Å². The average molecular weight is 191 g/mol. The van der Waals surface area contributed by atoms with Crippen molar-refractivity contribution in [2.45, 2.75) is 37.3 Å². The van der Waals surface area contributed by atoms with E-state index in [1.807, 2.05) is 18.2 Å². The van der Waals surface area contributed by atoms with E-state index in [-0.39, 0.29) is 11.6 Å². The van der Waals surface area contributed by atoms with Crippen molar-refractivity contribution in [2.24, 2.45) is 5.73 Å². The van der Waals surface area contributed by atoms with Gasteiger partial charge in [0.25, 0.3) is 0 Å². The van der Waals surface area contributed by atoms with Crippen molar-refractivity contribution in [3.63, 3.8) is 0 Å². The monoisotopic (exact) mass is 191 g/mol. The molecule has 14 heavy (non-hydrogen) atoms. The highest BCUT2D eigenvalue weighted by Crippen LogP contribution is 2.41. The van der Waals surface area contributed by atoms with Crippen LogP contribution < -0.4 is 5.73 Å². The Morgan fingerprint density at radius 3 is 2.43 bits per heavy atom. The fourth-order valence-electron chi connectivity index (χ4n) is 2.24. The van der Waals surface area contributed by atoms with Gasteiger partial charge in [-0.2, -0.15) is 0 Å². The van der Waals surface area contributed by atoms with Crippen molar-refractivity contribution in [3.8, 4) is 0 Å². The molecule has 2 heteroatoms. The summed E-state index contributed by atoms with van der Waals surface area (Å²) in [6.07, 6.45) is 1.26. The van der Waals surface area contributed by atoms with Crippen molar-refractivity contribution in [1.29, 1.82) is 0 Å². The van der Waals surface area contributed by atoms with Crippen LogP contribution >= 0.6 is 0 Å². The van der Waals surface area contributed by atoms with Crippen LogP contribution in [0.1, 0.15) is 31.2 Å². The molecule has 0 saturated heterocycles. The van der Waals surface area contributed by atoms with E-state index >= 15 is 0 Å². The van der Waals surface area contributed by atoms with Crippen LogP contribution in [0.3, 0.4) is 0 Å². The normalized spacial score (nSPS) is 33.5. The first-order valence-electron chi connectivity index (χ1n) is 5.14. The molecule has 0 amide bonds. The molecular formula is C12H17NO. The number of nitrogens with two attached hydrogens (primary N) is 1.